The number of nitrogens with zero attached hydrogens (tertiary/aromatic N) is 3. The second-order valence-corrected chi connectivity index (χ2v) is 7.82. The Labute approximate surface area is 188 Å². The number of likely N-dealkylation sites (N-methyl/N-ethyl adjacent to an activating group) is 1. The van der Waals surface area contributed by atoms with Crippen LogP contribution < -0.4 is 5.32 Å². The van der Waals surface area contributed by atoms with Crippen molar-refractivity contribution in [3.05, 3.63) is 71.1 Å². The van der Waals surface area contributed by atoms with Crippen molar-refractivity contribution >= 4 is 17.5 Å². The molecule has 164 valence electrons. The van der Waals surface area contributed by atoms with Gasteiger partial charge in [-0.3, -0.25) is 9.69 Å². The Morgan fingerprint density at radius 3 is 2.48 bits per heavy atom. The minimum absolute atomic E-state index is 0.0172. The van der Waals surface area contributed by atoms with Crippen LogP contribution in [0, 0.1) is 0 Å². The van der Waals surface area contributed by atoms with E-state index in [2.05, 4.69) is 58.5 Å². The number of aromatic nitrogens is 2. The average molecular weight is 441 g/mol. The zero-order valence-electron chi connectivity index (χ0n) is 18.1. The maximum atomic E-state index is 12.5. The van der Waals surface area contributed by atoms with Crippen LogP contribution in [0.4, 0.5) is 0 Å². The second-order valence-electron chi connectivity index (χ2n) is 7.39. The predicted molar refractivity (Wildman–Crippen MR) is 123 cm³/mol. The molecule has 31 heavy (non-hydrogen) atoms. The van der Waals surface area contributed by atoms with Crippen molar-refractivity contribution in [2.45, 2.75) is 39.2 Å². The fraction of sp³-hybridized carbons (Fsp3) is 0.375. The molecule has 0 saturated carbocycles. The van der Waals surface area contributed by atoms with Crippen molar-refractivity contribution in [3.63, 3.8) is 0 Å². The molecule has 1 atom stereocenters. The smallest absolute Gasteiger partial charge is 0.227 e. The summed E-state index contributed by atoms with van der Waals surface area (Å²) in [5, 5.41) is 7.73. The highest BCUT2D eigenvalue weighted by atomic mass is 35.5. The number of aryl methyl sites for hydroxylation is 1. The molecule has 1 amide bonds. The van der Waals surface area contributed by atoms with E-state index in [9.17, 15) is 4.79 Å². The first kappa shape index (κ1) is 23.0. The first-order valence-corrected chi connectivity index (χ1v) is 11.1. The third-order valence-electron chi connectivity index (χ3n) is 5.31. The predicted octanol–water partition coefficient (Wildman–Crippen LogP) is 4.39. The van der Waals surface area contributed by atoms with Crippen LogP contribution in [0.1, 0.15) is 31.7 Å². The lowest BCUT2D eigenvalue weighted by Crippen LogP contribution is -2.45. The molecule has 1 N–H and O–H groups in total. The van der Waals surface area contributed by atoms with Gasteiger partial charge in [-0.2, -0.15) is 4.98 Å². The maximum Gasteiger partial charge on any atom is 0.227 e. The average Bonchev–Trinajstić information content (AvgIpc) is 3.27. The van der Waals surface area contributed by atoms with Crippen molar-refractivity contribution in [1.29, 1.82) is 0 Å². The SMILES string of the molecule is CCN(CC)C(CNC(=O)CCc1nc(-c2ccc(Cl)cc2)no1)Cc1ccccc1. The van der Waals surface area contributed by atoms with Crippen LogP contribution in [-0.4, -0.2) is 46.6 Å². The summed E-state index contributed by atoms with van der Waals surface area (Å²) in [7, 11) is 0. The second kappa shape index (κ2) is 11.6. The molecule has 0 saturated heterocycles. The van der Waals surface area contributed by atoms with Crippen LogP contribution in [0.25, 0.3) is 11.4 Å². The van der Waals surface area contributed by atoms with Crippen molar-refractivity contribution in [1.82, 2.24) is 20.4 Å². The summed E-state index contributed by atoms with van der Waals surface area (Å²) in [5.41, 5.74) is 2.10. The van der Waals surface area contributed by atoms with Gasteiger partial charge >= 0.3 is 0 Å². The topological polar surface area (TPSA) is 71.3 Å². The summed E-state index contributed by atoms with van der Waals surface area (Å²) in [4.78, 5) is 19.2. The molecular formula is C24H29ClN4O2. The van der Waals surface area contributed by atoms with Gasteiger partial charge in [0.2, 0.25) is 17.6 Å². The lowest BCUT2D eigenvalue weighted by Gasteiger charge is -2.30. The Balaban J connectivity index is 1.51. The van der Waals surface area contributed by atoms with Crippen molar-refractivity contribution < 1.29 is 9.32 Å². The van der Waals surface area contributed by atoms with Crippen LogP contribution in [0.2, 0.25) is 5.02 Å². The van der Waals surface area contributed by atoms with Gasteiger partial charge in [-0.15, -0.1) is 0 Å². The van der Waals surface area contributed by atoms with E-state index in [0.717, 1.165) is 25.1 Å². The molecule has 1 aromatic heterocycles. The largest absolute Gasteiger partial charge is 0.355 e. The quantitative estimate of drug-likeness (QED) is 0.478. The summed E-state index contributed by atoms with van der Waals surface area (Å²) in [6.07, 6.45) is 1.61. The first-order valence-electron chi connectivity index (χ1n) is 10.7. The third kappa shape index (κ3) is 6.91. The molecule has 0 spiro atoms. The number of rotatable bonds is 11. The summed E-state index contributed by atoms with van der Waals surface area (Å²) in [6, 6.07) is 17.9. The van der Waals surface area contributed by atoms with E-state index in [1.165, 1.54) is 5.56 Å². The zero-order valence-corrected chi connectivity index (χ0v) is 18.8. The van der Waals surface area contributed by atoms with E-state index in [1.807, 2.05) is 18.2 Å². The Kier molecular flexibility index (Phi) is 8.62. The van der Waals surface area contributed by atoms with Crippen molar-refractivity contribution in [2.75, 3.05) is 19.6 Å². The van der Waals surface area contributed by atoms with Gasteiger partial charge in [-0.05, 0) is 49.3 Å². The van der Waals surface area contributed by atoms with E-state index >= 15 is 0 Å². The number of hydrogen-bond acceptors (Lipinski definition) is 5. The van der Waals surface area contributed by atoms with Gasteiger partial charge in [0.1, 0.15) is 0 Å². The van der Waals surface area contributed by atoms with Crippen molar-refractivity contribution in [2.24, 2.45) is 0 Å². The molecule has 0 aliphatic carbocycles. The lowest BCUT2D eigenvalue weighted by molar-refractivity contribution is -0.121. The van der Waals surface area contributed by atoms with Gasteiger partial charge in [0.25, 0.3) is 0 Å². The molecule has 1 unspecified atom stereocenters. The maximum absolute atomic E-state index is 12.5. The van der Waals surface area contributed by atoms with Crippen molar-refractivity contribution in [3.8, 4) is 11.4 Å². The van der Waals surface area contributed by atoms with Gasteiger partial charge in [0.15, 0.2) is 0 Å². The standard InChI is InChI=1S/C24H29ClN4O2/c1-3-29(4-2)21(16-18-8-6-5-7-9-18)17-26-22(30)14-15-23-27-24(28-31-23)19-10-12-20(25)13-11-19/h5-13,21H,3-4,14-17H2,1-2H3,(H,26,30). The molecular weight excluding hydrogens is 412 g/mol. The monoisotopic (exact) mass is 440 g/mol. The van der Waals surface area contributed by atoms with Crippen LogP contribution in [0.5, 0.6) is 0 Å². The summed E-state index contributed by atoms with van der Waals surface area (Å²) in [5.74, 6) is 0.928. The number of carbonyl (C=O) groups is 1. The minimum atomic E-state index is -0.0172. The molecule has 0 bridgehead atoms. The van der Waals surface area contributed by atoms with E-state index in [0.29, 0.717) is 36.1 Å². The zero-order chi connectivity index (χ0) is 22.1. The molecule has 2 aromatic carbocycles. The Bertz CT molecular complexity index is 940. The van der Waals surface area contributed by atoms with E-state index < -0.39 is 0 Å². The highest BCUT2D eigenvalue weighted by Crippen LogP contribution is 2.19. The van der Waals surface area contributed by atoms with Gasteiger partial charge in [0, 0.05) is 36.0 Å². The van der Waals surface area contributed by atoms with E-state index in [-0.39, 0.29) is 11.9 Å². The number of carbonyl (C=O) groups excluding carboxylic acids is 1. The molecule has 3 rings (SSSR count). The molecule has 0 radical (unpaired) electrons. The highest BCUT2D eigenvalue weighted by Gasteiger charge is 2.18. The molecule has 6 nitrogen and oxygen atoms in total. The summed E-state index contributed by atoms with van der Waals surface area (Å²) < 4.78 is 5.29. The Morgan fingerprint density at radius 1 is 1.10 bits per heavy atom. The number of amides is 1. The van der Waals surface area contributed by atoms with Gasteiger partial charge < -0.3 is 9.84 Å². The number of benzene rings is 2. The molecule has 0 aliphatic heterocycles. The number of halogens is 1. The Hall–Kier alpha value is -2.70. The fourth-order valence-electron chi connectivity index (χ4n) is 3.57. The van der Waals surface area contributed by atoms with Gasteiger partial charge in [0.05, 0.1) is 0 Å². The summed E-state index contributed by atoms with van der Waals surface area (Å²) >= 11 is 5.91. The van der Waals surface area contributed by atoms with Gasteiger partial charge in [-0.25, -0.2) is 0 Å². The first-order chi connectivity index (χ1) is 15.1. The van der Waals surface area contributed by atoms with Crippen LogP contribution in [0.3, 0.4) is 0 Å². The summed E-state index contributed by atoms with van der Waals surface area (Å²) in [6.45, 7) is 6.79. The normalized spacial score (nSPS) is 12.1. The van der Waals surface area contributed by atoms with Crippen LogP contribution in [-0.2, 0) is 17.6 Å². The molecule has 0 fully saturated rings. The van der Waals surface area contributed by atoms with Crippen LogP contribution in [0.15, 0.2) is 59.1 Å². The molecule has 1 heterocycles. The highest BCUT2D eigenvalue weighted by molar-refractivity contribution is 6.30. The number of hydrogen-bond donors (Lipinski definition) is 1. The van der Waals surface area contributed by atoms with Gasteiger partial charge in [-0.1, -0.05) is 60.9 Å². The minimum Gasteiger partial charge on any atom is -0.355 e. The molecule has 3 aromatic rings. The third-order valence-corrected chi connectivity index (χ3v) is 5.57. The fourth-order valence-corrected chi connectivity index (χ4v) is 3.70. The lowest BCUT2D eigenvalue weighted by atomic mass is 10.0. The number of nitrogens with one attached hydrogen (secondary N) is 1. The Morgan fingerprint density at radius 2 is 1.81 bits per heavy atom. The van der Waals surface area contributed by atoms with E-state index in [1.54, 1.807) is 12.1 Å². The van der Waals surface area contributed by atoms with Crippen LogP contribution >= 0.6 is 11.6 Å². The van der Waals surface area contributed by atoms with E-state index in [4.69, 9.17) is 16.1 Å². The molecule has 7 heteroatoms. The molecule has 0 aliphatic rings.